The molecule has 21 heavy (non-hydrogen) atoms. The van der Waals surface area contributed by atoms with E-state index >= 15 is 0 Å². The fraction of sp³-hybridized carbons (Fsp3) is 0. The van der Waals surface area contributed by atoms with Crippen LogP contribution in [0.25, 0.3) is 11.1 Å². The highest BCUT2D eigenvalue weighted by atomic mass is 32.3. The molecule has 0 aliphatic heterocycles. The molecule has 0 atom stereocenters. The van der Waals surface area contributed by atoms with Crippen LogP contribution < -0.4 is 11.5 Å². The van der Waals surface area contributed by atoms with Crippen LogP contribution in [0, 0.1) is 0 Å². The van der Waals surface area contributed by atoms with Gasteiger partial charge in [0.15, 0.2) is 11.5 Å². The van der Waals surface area contributed by atoms with Gasteiger partial charge in [0.25, 0.3) is 0 Å². The Labute approximate surface area is 120 Å². The monoisotopic (exact) mass is 314 g/mol. The standard InChI is InChI=1S/C12H12N2O2.H2O4S/c13-8-3-1-7(2-4-8)9-5-6-10(14)12(16)11(9)15;1-5(2,3)4/h1-6,15-16H,13-14H2;(H2,1,2,3,4). The summed E-state index contributed by atoms with van der Waals surface area (Å²) in [5.41, 5.74) is 13.1. The summed E-state index contributed by atoms with van der Waals surface area (Å²) in [7, 11) is -4.67. The van der Waals surface area contributed by atoms with Crippen LogP contribution >= 0.6 is 0 Å². The third kappa shape index (κ3) is 5.18. The summed E-state index contributed by atoms with van der Waals surface area (Å²) in [6, 6.07) is 10.2. The first-order valence-corrected chi connectivity index (χ1v) is 6.85. The molecule has 9 heteroatoms. The quantitative estimate of drug-likeness (QED) is 0.260. The van der Waals surface area contributed by atoms with Gasteiger partial charge in [0, 0.05) is 11.3 Å². The highest BCUT2D eigenvalue weighted by molar-refractivity contribution is 7.79. The average molecular weight is 314 g/mol. The van der Waals surface area contributed by atoms with Crippen molar-refractivity contribution in [2.45, 2.75) is 0 Å². The number of rotatable bonds is 1. The van der Waals surface area contributed by atoms with Crippen LogP contribution in [0.2, 0.25) is 0 Å². The van der Waals surface area contributed by atoms with Crippen LogP contribution in [0.15, 0.2) is 36.4 Å². The molecule has 0 bridgehead atoms. The van der Waals surface area contributed by atoms with Crippen molar-refractivity contribution >= 4 is 21.8 Å². The molecule has 0 saturated carbocycles. The number of phenolic OH excluding ortho intramolecular Hbond substituents is 2. The Morgan fingerprint density at radius 3 is 1.76 bits per heavy atom. The summed E-state index contributed by atoms with van der Waals surface area (Å²) in [6.45, 7) is 0. The molecule has 2 aromatic rings. The lowest BCUT2D eigenvalue weighted by Crippen LogP contribution is -1.89. The van der Waals surface area contributed by atoms with Crippen LogP contribution in [0.4, 0.5) is 11.4 Å². The SMILES string of the molecule is Nc1ccc(-c2ccc(N)c(O)c2O)cc1.O=S(=O)(O)O. The second-order valence-corrected chi connectivity index (χ2v) is 4.87. The van der Waals surface area contributed by atoms with E-state index in [1.165, 1.54) is 0 Å². The maximum Gasteiger partial charge on any atom is 0.394 e. The maximum atomic E-state index is 9.74. The fourth-order valence-electron chi connectivity index (χ4n) is 1.49. The molecule has 0 aliphatic rings. The first-order chi connectivity index (χ1) is 9.59. The smallest absolute Gasteiger partial charge is 0.394 e. The molecule has 8 nitrogen and oxygen atoms in total. The molecule has 8 N–H and O–H groups in total. The third-order valence-corrected chi connectivity index (χ3v) is 2.40. The third-order valence-electron chi connectivity index (χ3n) is 2.40. The molecule has 0 unspecified atom stereocenters. The average Bonchev–Trinajstić information content (AvgIpc) is 2.36. The summed E-state index contributed by atoms with van der Waals surface area (Å²) in [5, 5.41) is 19.2. The van der Waals surface area contributed by atoms with Crippen molar-refractivity contribution in [3.63, 3.8) is 0 Å². The number of nitrogen functional groups attached to an aromatic ring is 2. The Morgan fingerprint density at radius 1 is 0.810 bits per heavy atom. The summed E-state index contributed by atoms with van der Waals surface area (Å²) >= 11 is 0. The lowest BCUT2D eigenvalue weighted by atomic mass is 10.0. The maximum absolute atomic E-state index is 9.74. The molecule has 0 aliphatic carbocycles. The molecule has 0 aromatic heterocycles. The zero-order valence-corrected chi connectivity index (χ0v) is 11.4. The second-order valence-electron chi connectivity index (χ2n) is 3.97. The van der Waals surface area contributed by atoms with Crippen LogP contribution in [-0.2, 0) is 10.4 Å². The summed E-state index contributed by atoms with van der Waals surface area (Å²) in [4.78, 5) is 0. The van der Waals surface area contributed by atoms with Crippen molar-refractivity contribution in [3.05, 3.63) is 36.4 Å². The molecule has 114 valence electrons. The van der Waals surface area contributed by atoms with Crippen molar-refractivity contribution in [2.24, 2.45) is 0 Å². The van der Waals surface area contributed by atoms with Gasteiger partial charge in [-0.2, -0.15) is 8.42 Å². The number of anilines is 2. The summed E-state index contributed by atoms with van der Waals surface area (Å²) < 4.78 is 31.6. The van der Waals surface area contributed by atoms with Gasteiger partial charge in [0.05, 0.1) is 5.69 Å². The minimum atomic E-state index is -4.67. The van der Waals surface area contributed by atoms with E-state index in [0.29, 0.717) is 11.3 Å². The molecule has 0 fully saturated rings. The van der Waals surface area contributed by atoms with Gasteiger partial charge in [-0.05, 0) is 29.8 Å². The van der Waals surface area contributed by atoms with Crippen molar-refractivity contribution in [1.29, 1.82) is 0 Å². The number of nitrogens with two attached hydrogens (primary N) is 2. The molecule has 0 spiro atoms. The Kier molecular flexibility index (Phi) is 4.97. The van der Waals surface area contributed by atoms with E-state index in [0.717, 1.165) is 5.56 Å². The molecule has 0 saturated heterocycles. The van der Waals surface area contributed by atoms with Gasteiger partial charge < -0.3 is 21.7 Å². The van der Waals surface area contributed by atoms with Crippen molar-refractivity contribution in [3.8, 4) is 22.6 Å². The van der Waals surface area contributed by atoms with E-state index in [-0.39, 0.29) is 17.2 Å². The lowest BCUT2D eigenvalue weighted by molar-refractivity contribution is 0.381. The largest absolute Gasteiger partial charge is 0.504 e. The Balaban J connectivity index is 0.000000383. The van der Waals surface area contributed by atoms with Gasteiger partial charge in [-0.25, -0.2) is 0 Å². The van der Waals surface area contributed by atoms with E-state index in [1.807, 2.05) is 0 Å². The zero-order chi connectivity index (χ0) is 16.2. The van der Waals surface area contributed by atoms with E-state index in [4.69, 9.17) is 29.0 Å². The predicted octanol–water partition coefficient (Wildman–Crippen LogP) is 1.28. The van der Waals surface area contributed by atoms with Crippen molar-refractivity contribution < 1.29 is 27.7 Å². The van der Waals surface area contributed by atoms with Crippen molar-refractivity contribution in [2.75, 3.05) is 11.5 Å². The summed E-state index contributed by atoms with van der Waals surface area (Å²) in [6.07, 6.45) is 0. The highest BCUT2D eigenvalue weighted by Crippen LogP contribution is 2.40. The van der Waals surface area contributed by atoms with Gasteiger partial charge in [-0.3, -0.25) is 9.11 Å². The number of aromatic hydroxyl groups is 2. The molecule has 2 rings (SSSR count). The minimum Gasteiger partial charge on any atom is -0.504 e. The Morgan fingerprint density at radius 2 is 1.29 bits per heavy atom. The van der Waals surface area contributed by atoms with Gasteiger partial charge in [-0.1, -0.05) is 12.1 Å². The van der Waals surface area contributed by atoms with Gasteiger partial charge in [0.1, 0.15) is 0 Å². The molecule has 2 aromatic carbocycles. The van der Waals surface area contributed by atoms with Gasteiger partial charge in [0.2, 0.25) is 0 Å². The Hall–Kier alpha value is -2.49. The lowest BCUT2D eigenvalue weighted by Gasteiger charge is -2.08. The normalized spacial score (nSPS) is 10.6. The van der Waals surface area contributed by atoms with Crippen LogP contribution in [-0.4, -0.2) is 27.7 Å². The van der Waals surface area contributed by atoms with Crippen LogP contribution in [0.3, 0.4) is 0 Å². The first-order valence-electron chi connectivity index (χ1n) is 5.46. The first kappa shape index (κ1) is 16.6. The van der Waals surface area contributed by atoms with Gasteiger partial charge >= 0.3 is 10.4 Å². The summed E-state index contributed by atoms with van der Waals surface area (Å²) in [5.74, 6) is -0.515. The van der Waals surface area contributed by atoms with Gasteiger partial charge in [-0.15, -0.1) is 0 Å². The number of benzene rings is 2. The molecular formula is C12H14N2O6S. The van der Waals surface area contributed by atoms with E-state index in [2.05, 4.69) is 0 Å². The minimum absolute atomic E-state index is 0.150. The number of phenols is 2. The molecule has 0 radical (unpaired) electrons. The van der Waals surface area contributed by atoms with Crippen LogP contribution in [0.5, 0.6) is 11.5 Å². The predicted molar refractivity (Wildman–Crippen MR) is 78.2 cm³/mol. The van der Waals surface area contributed by atoms with E-state index in [1.54, 1.807) is 36.4 Å². The highest BCUT2D eigenvalue weighted by Gasteiger charge is 2.10. The van der Waals surface area contributed by atoms with E-state index in [9.17, 15) is 10.2 Å². The number of hydrogen-bond donors (Lipinski definition) is 6. The Bertz CT molecular complexity index is 720. The van der Waals surface area contributed by atoms with E-state index < -0.39 is 10.4 Å². The number of hydrogen-bond acceptors (Lipinski definition) is 6. The van der Waals surface area contributed by atoms with Crippen molar-refractivity contribution in [1.82, 2.24) is 0 Å². The topological polar surface area (TPSA) is 167 Å². The second kappa shape index (κ2) is 6.31. The fourth-order valence-corrected chi connectivity index (χ4v) is 1.49. The molecule has 0 heterocycles. The molecule has 0 amide bonds. The zero-order valence-electron chi connectivity index (χ0n) is 10.6. The molecular weight excluding hydrogens is 300 g/mol. The van der Waals surface area contributed by atoms with Crippen LogP contribution in [0.1, 0.15) is 0 Å².